The molecular formula is C9H14N4O2. The van der Waals surface area contributed by atoms with Crippen molar-refractivity contribution < 1.29 is 9.59 Å². The van der Waals surface area contributed by atoms with E-state index in [0.717, 1.165) is 5.56 Å². The average molecular weight is 210 g/mol. The molecule has 1 heterocycles. The normalized spacial score (nSPS) is 9.67. The van der Waals surface area contributed by atoms with E-state index in [-0.39, 0.29) is 24.9 Å². The summed E-state index contributed by atoms with van der Waals surface area (Å²) in [5.74, 6) is -0.579. The highest BCUT2D eigenvalue weighted by Crippen LogP contribution is 1.94. The van der Waals surface area contributed by atoms with Crippen LogP contribution in [0.15, 0.2) is 18.5 Å². The van der Waals surface area contributed by atoms with Gasteiger partial charge in [0.05, 0.1) is 13.1 Å². The van der Waals surface area contributed by atoms with Crippen LogP contribution in [-0.2, 0) is 16.1 Å². The first kappa shape index (κ1) is 11.3. The van der Waals surface area contributed by atoms with E-state index < -0.39 is 0 Å². The van der Waals surface area contributed by atoms with E-state index in [1.54, 1.807) is 12.4 Å². The summed E-state index contributed by atoms with van der Waals surface area (Å²) < 4.78 is 0. The Morgan fingerprint density at radius 3 is 2.73 bits per heavy atom. The molecule has 82 valence electrons. The zero-order valence-corrected chi connectivity index (χ0v) is 8.25. The van der Waals surface area contributed by atoms with Gasteiger partial charge in [-0.05, 0) is 11.6 Å². The fraction of sp³-hybridized carbons (Fsp3) is 0.333. The Balaban J connectivity index is 2.16. The van der Waals surface area contributed by atoms with Crippen molar-refractivity contribution in [3.63, 3.8) is 0 Å². The monoisotopic (exact) mass is 210 g/mol. The first-order valence-electron chi connectivity index (χ1n) is 4.57. The molecule has 1 rings (SSSR count). The molecular weight excluding hydrogens is 196 g/mol. The van der Waals surface area contributed by atoms with Gasteiger partial charge in [0.25, 0.3) is 0 Å². The van der Waals surface area contributed by atoms with Gasteiger partial charge in [0.15, 0.2) is 0 Å². The van der Waals surface area contributed by atoms with E-state index in [1.807, 2.05) is 6.07 Å². The van der Waals surface area contributed by atoms with Crippen LogP contribution in [0.1, 0.15) is 5.56 Å². The molecule has 6 heteroatoms. The lowest BCUT2D eigenvalue weighted by molar-refractivity contribution is -0.125. The lowest BCUT2D eigenvalue weighted by Gasteiger charge is -2.04. The molecule has 0 aliphatic carbocycles. The molecule has 0 saturated carbocycles. The molecule has 2 amide bonds. The molecule has 0 saturated heterocycles. The zero-order valence-electron chi connectivity index (χ0n) is 8.25. The van der Waals surface area contributed by atoms with Crippen LogP contribution in [0.25, 0.3) is 0 Å². The average Bonchev–Trinajstić information content (AvgIpc) is 2.75. The molecule has 5 N–H and O–H groups in total. The highest BCUT2D eigenvalue weighted by molar-refractivity contribution is 5.85. The lowest BCUT2D eigenvalue weighted by Crippen LogP contribution is -2.39. The number of H-pyrrole nitrogens is 1. The summed E-state index contributed by atoms with van der Waals surface area (Å²) in [5, 5.41) is 5.03. The Morgan fingerprint density at radius 2 is 2.13 bits per heavy atom. The van der Waals surface area contributed by atoms with Crippen molar-refractivity contribution in [3.05, 3.63) is 24.0 Å². The van der Waals surface area contributed by atoms with Crippen molar-refractivity contribution in [2.75, 3.05) is 13.1 Å². The van der Waals surface area contributed by atoms with E-state index in [4.69, 9.17) is 5.73 Å². The molecule has 0 radical (unpaired) electrons. The summed E-state index contributed by atoms with van der Waals surface area (Å²) in [7, 11) is 0. The molecule has 0 bridgehead atoms. The van der Waals surface area contributed by atoms with E-state index in [2.05, 4.69) is 15.6 Å². The number of amides is 2. The summed E-state index contributed by atoms with van der Waals surface area (Å²) in [6, 6.07) is 1.86. The lowest BCUT2D eigenvalue weighted by atomic mass is 10.3. The quantitative estimate of drug-likeness (QED) is 0.486. The van der Waals surface area contributed by atoms with Gasteiger partial charge in [-0.3, -0.25) is 9.59 Å². The van der Waals surface area contributed by atoms with Gasteiger partial charge in [0.2, 0.25) is 11.8 Å². The van der Waals surface area contributed by atoms with Crippen LogP contribution < -0.4 is 16.4 Å². The number of hydrogen-bond donors (Lipinski definition) is 4. The van der Waals surface area contributed by atoms with Crippen molar-refractivity contribution in [1.29, 1.82) is 0 Å². The minimum Gasteiger partial charge on any atom is -0.367 e. The largest absolute Gasteiger partial charge is 0.367 e. The topological polar surface area (TPSA) is 100 Å². The second-order valence-corrected chi connectivity index (χ2v) is 2.98. The van der Waals surface area contributed by atoms with Gasteiger partial charge in [-0.1, -0.05) is 0 Å². The smallest absolute Gasteiger partial charge is 0.239 e. The summed E-state index contributed by atoms with van der Waals surface area (Å²) in [6.07, 6.45) is 3.57. The van der Waals surface area contributed by atoms with Crippen molar-refractivity contribution in [2.45, 2.75) is 6.54 Å². The molecule has 15 heavy (non-hydrogen) atoms. The maximum atomic E-state index is 11.2. The van der Waals surface area contributed by atoms with Gasteiger partial charge in [-0.2, -0.15) is 0 Å². The van der Waals surface area contributed by atoms with Gasteiger partial charge < -0.3 is 21.4 Å². The first-order valence-corrected chi connectivity index (χ1v) is 4.57. The molecule has 1 aromatic heterocycles. The third-order valence-corrected chi connectivity index (χ3v) is 1.78. The maximum absolute atomic E-state index is 11.2. The second kappa shape index (κ2) is 5.82. The Hall–Kier alpha value is -1.82. The molecule has 0 unspecified atom stereocenters. The minimum atomic E-state index is -0.341. The molecule has 0 fully saturated rings. The Kier molecular flexibility index (Phi) is 4.36. The summed E-state index contributed by atoms with van der Waals surface area (Å²) in [4.78, 5) is 24.8. The van der Waals surface area contributed by atoms with Crippen LogP contribution >= 0.6 is 0 Å². The van der Waals surface area contributed by atoms with Gasteiger partial charge >= 0.3 is 0 Å². The second-order valence-electron chi connectivity index (χ2n) is 2.98. The van der Waals surface area contributed by atoms with Crippen molar-refractivity contribution in [1.82, 2.24) is 15.6 Å². The predicted octanol–water partition coefficient (Wildman–Crippen LogP) is -1.29. The van der Waals surface area contributed by atoms with E-state index >= 15 is 0 Å². The fourth-order valence-electron chi connectivity index (χ4n) is 0.983. The Morgan fingerprint density at radius 1 is 1.33 bits per heavy atom. The van der Waals surface area contributed by atoms with E-state index in [0.29, 0.717) is 6.54 Å². The number of aromatic amines is 1. The number of aromatic nitrogens is 1. The fourth-order valence-corrected chi connectivity index (χ4v) is 0.983. The van der Waals surface area contributed by atoms with Crippen LogP contribution in [0.5, 0.6) is 0 Å². The van der Waals surface area contributed by atoms with E-state index in [9.17, 15) is 9.59 Å². The Labute approximate surface area is 87.2 Å². The van der Waals surface area contributed by atoms with Crippen LogP contribution in [0, 0.1) is 0 Å². The maximum Gasteiger partial charge on any atom is 0.239 e. The molecule has 0 spiro atoms. The van der Waals surface area contributed by atoms with Gasteiger partial charge in [0.1, 0.15) is 0 Å². The Bertz CT molecular complexity index is 321. The van der Waals surface area contributed by atoms with Crippen molar-refractivity contribution in [3.8, 4) is 0 Å². The number of carbonyl (C=O) groups is 2. The SMILES string of the molecule is NCC(=O)NCC(=O)NCc1cc[nH]c1. The molecule has 6 nitrogen and oxygen atoms in total. The molecule has 0 aliphatic rings. The minimum absolute atomic E-state index is 0.0412. The summed E-state index contributed by atoms with van der Waals surface area (Å²) in [5.41, 5.74) is 6.04. The highest BCUT2D eigenvalue weighted by Gasteiger charge is 2.03. The standard InChI is InChI=1S/C9H14N4O2/c10-3-8(14)13-6-9(15)12-5-7-1-2-11-4-7/h1-2,4,11H,3,5-6,10H2,(H,12,15)(H,13,14). The van der Waals surface area contributed by atoms with Crippen LogP contribution in [0.4, 0.5) is 0 Å². The van der Waals surface area contributed by atoms with Crippen molar-refractivity contribution in [2.24, 2.45) is 5.73 Å². The zero-order chi connectivity index (χ0) is 11.1. The van der Waals surface area contributed by atoms with Gasteiger partial charge in [-0.15, -0.1) is 0 Å². The summed E-state index contributed by atoms with van der Waals surface area (Å²) in [6.45, 7) is 0.298. The molecule has 0 atom stereocenters. The first-order chi connectivity index (χ1) is 7.22. The van der Waals surface area contributed by atoms with Crippen LogP contribution in [-0.4, -0.2) is 29.9 Å². The number of carbonyl (C=O) groups excluding carboxylic acids is 2. The number of rotatable bonds is 5. The van der Waals surface area contributed by atoms with Crippen molar-refractivity contribution >= 4 is 11.8 Å². The number of nitrogens with two attached hydrogens (primary N) is 1. The highest BCUT2D eigenvalue weighted by atomic mass is 16.2. The third-order valence-electron chi connectivity index (χ3n) is 1.78. The third kappa shape index (κ3) is 4.28. The number of nitrogens with one attached hydrogen (secondary N) is 3. The predicted molar refractivity (Wildman–Crippen MR) is 54.7 cm³/mol. The van der Waals surface area contributed by atoms with Crippen LogP contribution in [0.3, 0.4) is 0 Å². The molecule has 0 aliphatic heterocycles. The van der Waals surface area contributed by atoms with Crippen LogP contribution in [0.2, 0.25) is 0 Å². The molecule has 0 aromatic carbocycles. The van der Waals surface area contributed by atoms with E-state index in [1.165, 1.54) is 0 Å². The number of hydrogen-bond acceptors (Lipinski definition) is 3. The van der Waals surface area contributed by atoms with Gasteiger partial charge in [0, 0.05) is 18.9 Å². The molecule has 1 aromatic rings. The summed E-state index contributed by atoms with van der Waals surface area (Å²) >= 11 is 0. The van der Waals surface area contributed by atoms with Gasteiger partial charge in [-0.25, -0.2) is 0 Å².